The molecule has 0 spiro atoms. The molecule has 0 aliphatic heterocycles. The van der Waals surface area contributed by atoms with E-state index >= 15 is 0 Å². The van der Waals surface area contributed by atoms with E-state index in [9.17, 15) is 9.59 Å². The van der Waals surface area contributed by atoms with E-state index in [2.05, 4.69) is 29.9 Å². The molecule has 0 aliphatic rings. The third kappa shape index (κ3) is 16.5. The summed E-state index contributed by atoms with van der Waals surface area (Å²) in [7, 11) is 1.41. The maximum absolute atomic E-state index is 11.2. The number of ether oxygens (including phenoxy) is 2. The van der Waals surface area contributed by atoms with Gasteiger partial charge in [-0.15, -0.1) is 0 Å². The normalized spacial score (nSPS) is 13.2. The maximum Gasteiger partial charge on any atom is 0.305 e. The highest BCUT2D eigenvalue weighted by Gasteiger charge is 2.05. The van der Waals surface area contributed by atoms with Crippen LogP contribution in [-0.4, -0.2) is 25.2 Å². The van der Waals surface area contributed by atoms with Crippen LogP contribution in [0.1, 0.15) is 58.8 Å². The van der Waals surface area contributed by atoms with Gasteiger partial charge < -0.3 is 9.47 Å². The molecule has 0 saturated carbocycles. The number of methoxy groups -OCH3 is 1. The van der Waals surface area contributed by atoms with Crippen molar-refractivity contribution in [3.8, 4) is 0 Å². The van der Waals surface area contributed by atoms with E-state index < -0.39 is 0 Å². The first-order valence-electron chi connectivity index (χ1n) is 8.97. The SMILES string of the molecule is CC/C=C\C/C=C\C[C@@H](/C=C/C=C\CCCCC(=O)OC)OC(C)=O. The Balaban J connectivity index is 4.12. The Morgan fingerprint density at radius 3 is 2.44 bits per heavy atom. The van der Waals surface area contributed by atoms with Crippen LogP contribution < -0.4 is 0 Å². The van der Waals surface area contributed by atoms with Crippen LogP contribution >= 0.6 is 0 Å². The van der Waals surface area contributed by atoms with E-state index in [1.54, 1.807) is 0 Å². The van der Waals surface area contributed by atoms with Crippen molar-refractivity contribution >= 4 is 11.9 Å². The number of carbonyl (C=O) groups is 2. The van der Waals surface area contributed by atoms with E-state index in [4.69, 9.17) is 4.74 Å². The van der Waals surface area contributed by atoms with Crippen LogP contribution in [0.15, 0.2) is 48.6 Å². The fourth-order valence-electron chi connectivity index (χ4n) is 2.04. The molecule has 0 aromatic heterocycles. The molecule has 0 fully saturated rings. The predicted octanol–water partition coefficient (Wildman–Crippen LogP) is 5.07. The van der Waals surface area contributed by atoms with Crippen LogP contribution in [0.2, 0.25) is 0 Å². The number of unbranched alkanes of at least 4 members (excludes halogenated alkanes) is 2. The first kappa shape index (κ1) is 22.9. The average Bonchev–Trinajstić information content (AvgIpc) is 2.59. The molecule has 4 heteroatoms. The van der Waals surface area contributed by atoms with Gasteiger partial charge in [0.2, 0.25) is 0 Å². The Hall–Kier alpha value is -2.10. The standard InChI is InChI=1S/C21H32O4/c1-4-5-6-7-10-13-16-20(25-19(2)22)17-14-11-8-9-12-15-18-21(23)24-3/h5-6,8,10-11,13-14,17,20H,4,7,9,12,15-16,18H2,1-3H3/b6-5-,11-8-,13-10-,17-14+/t20-/m0/s1. The third-order valence-electron chi connectivity index (χ3n) is 3.33. The number of rotatable bonds is 13. The molecule has 0 N–H and O–H groups in total. The molecule has 4 nitrogen and oxygen atoms in total. The average molecular weight is 348 g/mol. The lowest BCUT2D eigenvalue weighted by Crippen LogP contribution is -2.12. The highest BCUT2D eigenvalue weighted by atomic mass is 16.5. The van der Waals surface area contributed by atoms with Crippen molar-refractivity contribution in [2.75, 3.05) is 7.11 Å². The van der Waals surface area contributed by atoms with E-state index in [1.165, 1.54) is 14.0 Å². The van der Waals surface area contributed by atoms with Crippen molar-refractivity contribution < 1.29 is 19.1 Å². The first-order chi connectivity index (χ1) is 12.1. The Morgan fingerprint density at radius 1 is 1.00 bits per heavy atom. The van der Waals surface area contributed by atoms with Gasteiger partial charge in [0.15, 0.2) is 0 Å². The molecule has 0 saturated heterocycles. The largest absolute Gasteiger partial charge is 0.469 e. The summed E-state index contributed by atoms with van der Waals surface area (Å²) in [5, 5.41) is 0. The van der Waals surface area contributed by atoms with Crippen LogP contribution in [0.5, 0.6) is 0 Å². The van der Waals surface area contributed by atoms with Crippen molar-refractivity contribution in [2.45, 2.75) is 64.9 Å². The van der Waals surface area contributed by atoms with Crippen LogP contribution in [0.25, 0.3) is 0 Å². The van der Waals surface area contributed by atoms with Gasteiger partial charge in [0.1, 0.15) is 6.10 Å². The highest BCUT2D eigenvalue weighted by molar-refractivity contribution is 5.69. The summed E-state index contributed by atoms with van der Waals surface area (Å²) in [4.78, 5) is 22.1. The van der Waals surface area contributed by atoms with Crippen molar-refractivity contribution in [2.24, 2.45) is 0 Å². The number of allylic oxidation sites excluding steroid dienone is 6. The van der Waals surface area contributed by atoms with Gasteiger partial charge in [0.25, 0.3) is 0 Å². The molecule has 0 aromatic rings. The molecule has 1 atom stereocenters. The van der Waals surface area contributed by atoms with Crippen molar-refractivity contribution in [3.63, 3.8) is 0 Å². The topological polar surface area (TPSA) is 52.6 Å². The molecule has 0 bridgehead atoms. The first-order valence-corrected chi connectivity index (χ1v) is 8.97. The van der Waals surface area contributed by atoms with Crippen LogP contribution in [0.4, 0.5) is 0 Å². The molecular weight excluding hydrogens is 316 g/mol. The Kier molecular flexibility index (Phi) is 15.3. The van der Waals surface area contributed by atoms with Gasteiger partial charge in [0, 0.05) is 19.8 Å². The molecule has 0 unspecified atom stereocenters. The summed E-state index contributed by atoms with van der Waals surface area (Å²) < 4.78 is 9.88. The van der Waals surface area contributed by atoms with Gasteiger partial charge in [0.05, 0.1) is 7.11 Å². The zero-order valence-electron chi connectivity index (χ0n) is 15.8. The van der Waals surface area contributed by atoms with Crippen molar-refractivity contribution in [3.05, 3.63) is 48.6 Å². The van der Waals surface area contributed by atoms with E-state index in [-0.39, 0.29) is 18.0 Å². The summed E-state index contributed by atoms with van der Waals surface area (Å²) in [6.45, 7) is 3.53. The Bertz CT molecular complexity index is 472. The molecular formula is C21H32O4. The summed E-state index contributed by atoms with van der Waals surface area (Å²) >= 11 is 0. The summed E-state index contributed by atoms with van der Waals surface area (Å²) in [5.74, 6) is -0.438. The van der Waals surface area contributed by atoms with Gasteiger partial charge in [-0.2, -0.15) is 0 Å². The lowest BCUT2D eigenvalue weighted by molar-refractivity contribution is -0.144. The monoisotopic (exact) mass is 348 g/mol. The molecule has 140 valence electrons. The van der Waals surface area contributed by atoms with Crippen LogP contribution in [-0.2, 0) is 19.1 Å². The molecule has 0 heterocycles. The van der Waals surface area contributed by atoms with E-state index in [1.807, 2.05) is 30.4 Å². The van der Waals surface area contributed by atoms with Gasteiger partial charge >= 0.3 is 11.9 Å². The number of carbonyl (C=O) groups excluding carboxylic acids is 2. The van der Waals surface area contributed by atoms with Gasteiger partial charge in [-0.1, -0.05) is 49.5 Å². The number of hydrogen-bond donors (Lipinski definition) is 0. The third-order valence-corrected chi connectivity index (χ3v) is 3.33. The Morgan fingerprint density at radius 2 is 1.76 bits per heavy atom. The minimum Gasteiger partial charge on any atom is -0.469 e. The molecule has 0 rings (SSSR count). The zero-order chi connectivity index (χ0) is 18.8. The number of hydrogen-bond acceptors (Lipinski definition) is 4. The summed E-state index contributed by atoms with van der Waals surface area (Å²) in [5.41, 5.74) is 0. The molecule has 25 heavy (non-hydrogen) atoms. The highest BCUT2D eigenvalue weighted by Crippen LogP contribution is 2.05. The van der Waals surface area contributed by atoms with Gasteiger partial charge in [-0.25, -0.2) is 0 Å². The van der Waals surface area contributed by atoms with Crippen molar-refractivity contribution in [1.82, 2.24) is 0 Å². The quantitative estimate of drug-likeness (QED) is 0.202. The van der Waals surface area contributed by atoms with Crippen molar-refractivity contribution in [1.29, 1.82) is 0 Å². The second kappa shape index (κ2) is 16.7. The van der Waals surface area contributed by atoms with Gasteiger partial charge in [-0.05, 0) is 38.2 Å². The molecule has 0 aliphatic carbocycles. The fraction of sp³-hybridized carbons (Fsp3) is 0.524. The lowest BCUT2D eigenvalue weighted by Gasteiger charge is -2.10. The van der Waals surface area contributed by atoms with E-state index in [0.29, 0.717) is 12.8 Å². The second-order valence-electron chi connectivity index (χ2n) is 5.61. The van der Waals surface area contributed by atoms with Crippen LogP contribution in [0.3, 0.4) is 0 Å². The summed E-state index contributed by atoms with van der Waals surface area (Å²) in [6, 6.07) is 0. The lowest BCUT2D eigenvalue weighted by atomic mass is 10.1. The fourth-order valence-corrected chi connectivity index (χ4v) is 2.04. The minimum absolute atomic E-state index is 0.161. The molecule has 0 aromatic carbocycles. The zero-order valence-corrected chi connectivity index (χ0v) is 15.8. The Labute approximate surface area is 152 Å². The predicted molar refractivity (Wildman–Crippen MR) is 102 cm³/mol. The molecule has 0 radical (unpaired) electrons. The van der Waals surface area contributed by atoms with Crippen LogP contribution in [0, 0.1) is 0 Å². The second-order valence-corrected chi connectivity index (χ2v) is 5.61. The molecule has 0 amide bonds. The minimum atomic E-state index is -0.277. The summed E-state index contributed by atoms with van der Waals surface area (Å²) in [6.07, 6.45) is 21.7. The maximum atomic E-state index is 11.2. The number of esters is 2. The van der Waals surface area contributed by atoms with Gasteiger partial charge in [-0.3, -0.25) is 9.59 Å². The smallest absolute Gasteiger partial charge is 0.305 e. The van der Waals surface area contributed by atoms with E-state index in [0.717, 1.165) is 32.1 Å².